The molecule has 5 nitrogen and oxygen atoms in total. The molecule has 2 rings (SSSR count). The van der Waals surface area contributed by atoms with Crippen LogP contribution in [0.5, 0.6) is 0 Å². The van der Waals surface area contributed by atoms with Crippen LogP contribution in [0.15, 0.2) is 12.3 Å². The fraction of sp³-hybridized carbons (Fsp3) is 0.692. The molecule has 0 spiro atoms. The van der Waals surface area contributed by atoms with Gasteiger partial charge in [0, 0.05) is 31.9 Å². The van der Waals surface area contributed by atoms with Crippen molar-refractivity contribution in [2.45, 2.75) is 25.7 Å². The summed E-state index contributed by atoms with van der Waals surface area (Å²) >= 11 is 0. The first-order valence-electron chi connectivity index (χ1n) is 6.59. The number of hydrogen-bond donors (Lipinski definition) is 2. The van der Waals surface area contributed by atoms with Crippen LogP contribution in [0, 0.1) is 11.8 Å². The van der Waals surface area contributed by atoms with Crippen molar-refractivity contribution in [1.29, 1.82) is 0 Å². The van der Waals surface area contributed by atoms with Gasteiger partial charge in [-0.15, -0.1) is 0 Å². The SMILES string of the molecule is Cn1nccc1CCNCC1CCCC1C(=O)O. The minimum atomic E-state index is -0.633. The molecule has 1 aromatic rings. The highest BCUT2D eigenvalue weighted by Gasteiger charge is 2.32. The smallest absolute Gasteiger partial charge is 0.306 e. The lowest BCUT2D eigenvalue weighted by Gasteiger charge is -2.16. The molecule has 0 aromatic carbocycles. The maximum atomic E-state index is 11.0. The van der Waals surface area contributed by atoms with Crippen LogP contribution in [-0.2, 0) is 18.3 Å². The summed E-state index contributed by atoms with van der Waals surface area (Å²) in [6, 6.07) is 2.01. The summed E-state index contributed by atoms with van der Waals surface area (Å²) in [4.78, 5) is 11.0. The van der Waals surface area contributed by atoms with E-state index in [2.05, 4.69) is 10.4 Å². The molecule has 1 saturated carbocycles. The standard InChI is InChI=1S/C13H21N3O2/c1-16-11(6-8-15-16)5-7-14-9-10-3-2-4-12(10)13(17)18/h6,8,10,12,14H,2-5,7,9H2,1H3,(H,17,18). The molecular weight excluding hydrogens is 230 g/mol. The first-order valence-corrected chi connectivity index (χ1v) is 6.59. The Balaban J connectivity index is 1.69. The largest absolute Gasteiger partial charge is 0.481 e. The van der Waals surface area contributed by atoms with Gasteiger partial charge in [-0.2, -0.15) is 5.10 Å². The van der Waals surface area contributed by atoms with E-state index in [4.69, 9.17) is 5.11 Å². The quantitative estimate of drug-likeness (QED) is 0.742. The van der Waals surface area contributed by atoms with Gasteiger partial charge in [-0.25, -0.2) is 0 Å². The zero-order chi connectivity index (χ0) is 13.0. The van der Waals surface area contributed by atoms with Crippen molar-refractivity contribution in [3.63, 3.8) is 0 Å². The van der Waals surface area contributed by atoms with Crippen molar-refractivity contribution in [2.75, 3.05) is 13.1 Å². The first-order chi connectivity index (χ1) is 8.68. The number of carbonyl (C=O) groups is 1. The molecule has 18 heavy (non-hydrogen) atoms. The monoisotopic (exact) mass is 251 g/mol. The van der Waals surface area contributed by atoms with E-state index in [0.29, 0.717) is 5.92 Å². The van der Waals surface area contributed by atoms with Gasteiger partial charge < -0.3 is 10.4 Å². The molecule has 0 radical (unpaired) electrons. The van der Waals surface area contributed by atoms with Gasteiger partial charge in [-0.05, 0) is 31.4 Å². The second-order valence-corrected chi connectivity index (χ2v) is 5.04. The predicted molar refractivity (Wildman–Crippen MR) is 68.2 cm³/mol. The summed E-state index contributed by atoms with van der Waals surface area (Å²) in [6.07, 6.45) is 5.65. The Bertz CT molecular complexity index is 403. The number of nitrogens with one attached hydrogen (secondary N) is 1. The minimum Gasteiger partial charge on any atom is -0.481 e. The Labute approximate surface area is 107 Å². The number of carboxylic acids is 1. The molecule has 2 atom stereocenters. The molecule has 1 aliphatic rings. The van der Waals surface area contributed by atoms with Gasteiger partial charge in [0.1, 0.15) is 0 Å². The lowest BCUT2D eigenvalue weighted by molar-refractivity contribution is -0.142. The van der Waals surface area contributed by atoms with E-state index in [1.54, 1.807) is 6.20 Å². The van der Waals surface area contributed by atoms with Crippen LogP contribution in [0.3, 0.4) is 0 Å². The number of aliphatic carboxylic acids is 1. The van der Waals surface area contributed by atoms with E-state index >= 15 is 0 Å². The van der Waals surface area contributed by atoms with Gasteiger partial charge in [0.15, 0.2) is 0 Å². The Hall–Kier alpha value is -1.36. The topological polar surface area (TPSA) is 67.2 Å². The fourth-order valence-corrected chi connectivity index (χ4v) is 2.76. The molecule has 0 saturated heterocycles. The molecule has 0 aliphatic heterocycles. The van der Waals surface area contributed by atoms with Gasteiger partial charge in [0.2, 0.25) is 0 Å². The number of carboxylic acid groups (broad SMARTS) is 1. The van der Waals surface area contributed by atoms with Gasteiger partial charge in [0.05, 0.1) is 5.92 Å². The average Bonchev–Trinajstić information content (AvgIpc) is 2.94. The summed E-state index contributed by atoms with van der Waals surface area (Å²) in [5, 5.41) is 16.6. The maximum absolute atomic E-state index is 11.0. The van der Waals surface area contributed by atoms with Crippen LogP contribution in [0.1, 0.15) is 25.0 Å². The number of aromatic nitrogens is 2. The first kappa shape index (κ1) is 13.1. The van der Waals surface area contributed by atoms with E-state index in [9.17, 15) is 4.79 Å². The van der Waals surface area contributed by atoms with Gasteiger partial charge in [-0.1, -0.05) is 6.42 Å². The Morgan fingerprint density at radius 2 is 2.44 bits per heavy atom. The molecule has 2 N–H and O–H groups in total. The van der Waals surface area contributed by atoms with Crippen molar-refractivity contribution in [2.24, 2.45) is 18.9 Å². The van der Waals surface area contributed by atoms with Crippen molar-refractivity contribution < 1.29 is 9.90 Å². The van der Waals surface area contributed by atoms with E-state index in [0.717, 1.165) is 38.8 Å². The number of aryl methyl sites for hydroxylation is 1. The summed E-state index contributed by atoms with van der Waals surface area (Å²) < 4.78 is 1.87. The van der Waals surface area contributed by atoms with E-state index in [-0.39, 0.29) is 5.92 Å². The van der Waals surface area contributed by atoms with Crippen molar-refractivity contribution in [3.05, 3.63) is 18.0 Å². The number of hydrogen-bond acceptors (Lipinski definition) is 3. The van der Waals surface area contributed by atoms with Crippen LogP contribution in [0.2, 0.25) is 0 Å². The van der Waals surface area contributed by atoms with Crippen LogP contribution >= 0.6 is 0 Å². The third-order valence-corrected chi connectivity index (χ3v) is 3.86. The highest BCUT2D eigenvalue weighted by molar-refractivity contribution is 5.70. The van der Waals surface area contributed by atoms with E-state index in [1.165, 1.54) is 5.69 Å². The van der Waals surface area contributed by atoms with Crippen molar-refractivity contribution in [3.8, 4) is 0 Å². The van der Waals surface area contributed by atoms with Crippen LogP contribution < -0.4 is 5.32 Å². The van der Waals surface area contributed by atoms with E-state index < -0.39 is 5.97 Å². The predicted octanol–water partition coefficient (Wildman–Crippen LogP) is 1.05. The van der Waals surface area contributed by atoms with Gasteiger partial charge in [-0.3, -0.25) is 9.48 Å². The Morgan fingerprint density at radius 3 is 3.11 bits per heavy atom. The molecule has 1 fully saturated rings. The summed E-state index contributed by atoms with van der Waals surface area (Å²) in [6.45, 7) is 1.69. The second kappa shape index (κ2) is 6.00. The zero-order valence-corrected chi connectivity index (χ0v) is 10.8. The van der Waals surface area contributed by atoms with E-state index in [1.807, 2.05) is 17.8 Å². The average molecular weight is 251 g/mol. The summed E-state index contributed by atoms with van der Waals surface area (Å²) in [5.41, 5.74) is 1.20. The third kappa shape index (κ3) is 3.10. The Kier molecular flexibility index (Phi) is 4.36. The molecule has 1 aromatic heterocycles. The van der Waals surface area contributed by atoms with Crippen molar-refractivity contribution >= 4 is 5.97 Å². The molecule has 5 heteroatoms. The molecule has 0 amide bonds. The highest BCUT2D eigenvalue weighted by atomic mass is 16.4. The second-order valence-electron chi connectivity index (χ2n) is 5.04. The van der Waals surface area contributed by atoms with Gasteiger partial charge in [0.25, 0.3) is 0 Å². The lowest BCUT2D eigenvalue weighted by Crippen LogP contribution is -2.30. The van der Waals surface area contributed by atoms with Crippen LogP contribution in [0.4, 0.5) is 0 Å². The summed E-state index contributed by atoms with van der Waals surface area (Å²) in [5.74, 6) is -0.478. The Morgan fingerprint density at radius 1 is 1.61 bits per heavy atom. The third-order valence-electron chi connectivity index (χ3n) is 3.86. The van der Waals surface area contributed by atoms with Crippen LogP contribution in [0.25, 0.3) is 0 Å². The van der Waals surface area contributed by atoms with Crippen molar-refractivity contribution in [1.82, 2.24) is 15.1 Å². The highest BCUT2D eigenvalue weighted by Crippen LogP contribution is 2.31. The normalized spacial score (nSPS) is 23.4. The molecule has 1 heterocycles. The molecule has 1 aliphatic carbocycles. The number of rotatable bonds is 6. The fourth-order valence-electron chi connectivity index (χ4n) is 2.76. The molecular formula is C13H21N3O2. The lowest BCUT2D eigenvalue weighted by atomic mass is 9.96. The molecule has 100 valence electrons. The number of nitrogens with zero attached hydrogens (tertiary/aromatic N) is 2. The maximum Gasteiger partial charge on any atom is 0.306 e. The zero-order valence-electron chi connectivity index (χ0n) is 10.8. The molecule has 2 unspecified atom stereocenters. The van der Waals surface area contributed by atoms with Gasteiger partial charge >= 0.3 is 5.97 Å². The minimum absolute atomic E-state index is 0.144. The van der Waals surface area contributed by atoms with Crippen LogP contribution in [-0.4, -0.2) is 33.9 Å². The summed E-state index contributed by atoms with van der Waals surface area (Å²) in [7, 11) is 1.94. The molecule has 0 bridgehead atoms.